The second kappa shape index (κ2) is 10.3. The van der Waals surface area contributed by atoms with Crippen molar-refractivity contribution < 1.29 is 24.3 Å². The van der Waals surface area contributed by atoms with E-state index in [9.17, 15) is 24.3 Å². The number of aliphatic carboxylic acids is 1. The van der Waals surface area contributed by atoms with Gasteiger partial charge >= 0.3 is 5.97 Å². The number of nitrogens with one attached hydrogen (secondary N) is 3. The zero-order valence-corrected chi connectivity index (χ0v) is 15.1. The quantitative estimate of drug-likeness (QED) is 0.532. The lowest BCUT2D eigenvalue weighted by molar-refractivity contribution is -0.149. The standard InChI is InChI=1S/C19H25N3O5/c23-16(20-12-13-6-2-1-3-7-13)10-11-17(24)21-22-18(25)14-8-4-5-9-15(14)19(26)27/h1-3,6-7,14-15H,4-5,8-12H2,(H,20,23)(H,21,24)(H,22,25)(H,26,27). The second-order valence-corrected chi connectivity index (χ2v) is 6.64. The van der Waals surface area contributed by atoms with E-state index >= 15 is 0 Å². The summed E-state index contributed by atoms with van der Waals surface area (Å²) in [6.45, 7) is 0.385. The molecule has 146 valence electrons. The average Bonchev–Trinajstić information content (AvgIpc) is 2.69. The highest BCUT2D eigenvalue weighted by Gasteiger charge is 2.35. The van der Waals surface area contributed by atoms with E-state index in [0.717, 1.165) is 18.4 Å². The van der Waals surface area contributed by atoms with Crippen molar-refractivity contribution >= 4 is 23.7 Å². The van der Waals surface area contributed by atoms with E-state index in [1.165, 1.54) is 0 Å². The predicted molar refractivity (Wildman–Crippen MR) is 96.9 cm³/mol. The molecule has 0 heterocycles. The van der Waals surface area contributed by atoms with Crippen molar-refractivity contribution in [3.05, 3.63) is 35.9 Å². The van der Waals surface area contributed by atoms with Crippen molar-refractivity contribution in [2.24, 2.45) is 11.8 Å². The van der Waals surface area contributed by atoms with Crippen molar-refractivity contribution in [3.63, 3.8) is 0 Å². The Bertz CT molecular complexity index is 677. The first-order chi connectivity index (χ1) is 13.0. The Hall–Kier alpha value is -2.90. The number of rotatable bonds is 7. The van der Waals surface area contributed by atoms with Gasteiger partial charge in [0.1, 0.15) is 0 Å². The van der Waals surface area contributed by atoms with Gasteiger partial charge in [-0.1, -0.05) is 43.2 Å². The number of hydrogen-bond acceptors (Lipinski definition) is 4. The fourth-order valence-electron chi connectivity index (χ4n) is 3.14. The van der Waals surface area contributed by atoms with Crippen molar-refractivity contribution in [1.82, 2.24) is 16.2 Å². The zero-order chi connectivity index (χ0) is 19.6. The number of carboxylic acids is 1. The first-order valence-electron chi connectivity index (χ1n) is 9.09. The van der Waals surface area contributed by atoms with E-state index in [0.29, 0.717) is 19.4 Å². The molecule has 0 aromatic heterocycles. The Morgan fingerprint density at radius 1 is 0.889 bits per heavy atom. The summed E-state index contributed by atoms with van der Waals surface area (Å²) in [5, 5.41) is 11.9. The molecule has 0 spiro atoms. The predicted octanol–water partition coefficient (Wildman–Crippen LogP) is 1.12. The SMILES string of the molecule is O=C(CCC(=O)NNC(=O)C1CCCCC1C(=O)O)NCc1ccccc1. The largest absolute Gasteiger partial charge is 0.481 e. The van der Waals surface area contributed by atoms with E-state index < -0.39 is 29.6 Å². The van der Waals surface area contributed by atoms with Gasteiger partial charge in [-0.05, 0) is 18.4 Å². The number of amides is 3. The summed E-state index contributed by atoms with van der Waals surface area (Å²) in [5.41, 5.74) is 5.50. The van der Waals surface area contributed by atoms with Crippen molar-refractivity contribution in [3.8, 4) is 0 Å². The molecule has 0 radical (unpaired) electrons. The maximum absolute atomic E-state index is 12.1. The highest BCUT2D eigenvalue weighted by molar-refractivity contribution is 5.88. The molecule has 0 aliphatic heterocycles. The molecule has 2 unspecified atom stereocenters. The molecule has 1 aliphatic rings. The summed E-state index contributed by atoms with van der Waals surface area (Å²) < 4.78 is 0. The summed E-state index contributed by atoms with van der Waals surface area (Å²) in [6, 6.07) is 9.41. The first-order valence-corrected chi connectivity index (χ1v) is 9.09. The molecular formula is C19H25N3O5. The Kier molecular flexibility index (Phi) is 7.79. The third kappa shape index (κ3) is 6.73. The van der Waals surface area contributed by atoms with Crippen LogP contribution in [0, 0.1) is 11.8 Å². The van der Waals surface area contributed by atoms with Gasteiger partial charge in [0.05, 0.1) is 11.8 Å². The molecule has 8 heteroatoms. The molecule has 1 saturated carbocycles. The minimum absolute atomic E-state index is 0.00425. The number of benzene rings is 1. The zero-order valence-electron chi connectivity index (χ0n) is 15.1. The molecule has 2 rings (SSSR count). The summed E-state index contributed by atoms with van der Waals surface area (Å²) in [5.74, 6) is -3.62. The van der Waals surface area contributed by atoms with Gasteiger partial charge in [0.15, 0.2) is 0 Å². The molecule has 27 heavy (non-hydrogen) atoms. The van der Waals surface area contributed by atoms with Crippen molar-refractivity contribution in [2.75, 3.05) is 0 Å². The molecule has 1 aromatic rings. The lowest BCUT2D eigenvalue weighted by Gasteiger charge is -2.27. The van der Waals surface area contributed by atoms with Gasteiger partial charge in [-0.2, -0.15) is 0 Å². The number of carboxylic acid groups (broad SMARTS) is 1. The second-order valence-electron chi connectivity index (χ2n) is 6.64. The van der Waals surface area contributed by atoms with Crippen LogP contribution < -0.4 is 16.2 Å². The molecule has 0 bridgehead atoms. The van der Waals surface area contributed by atoms with Crippen LogP contribution >= 0.6 is 0 Å². The smallest absolute Gasteiger partial charge is 0.307 e. The van der Waals surface area contributed by atoms with E-state index in [-0.39, 0.29) is 18.7 Å². The molecule has 2 atom stereocenters. The summed E-state index contributed by atoms with van der Waals surface area (Å²) in [6.07, 6.45) is 2.44. The van der Waals surface area contributed by atoms with Crippen LogP contribution in [0.3, 0.4) is 0 Å². The third-order valence-electron chi connectivity index (χ3n) is 4.66. The van der Waals surface area contributed by atoms with Gasteiger partial charge in [-0.3, -0.25) is 30.0 Å². The van der Waals surface area contributed by atoms with E-state index in [4.69, 9.17) is 0 Å². The molecule has 1 aliphatic carbocycles. The normalized spacial score (nSPS) is 19.0. The maximum atomic E-state index is 12.1. The summed E-state index contributed by atoms with van der Waals surface area (Å²) in [4.78, 5) is 47.0. The van der Waals surface area contributed by atoms with Crippen LogP contribution in [0.4, 0.5) is 0 Å². The Morgan fingerprint density at radius 2 is 1.52 bits per heavy atom. The Balaban J connectivity index is 1.67. The molecule has 3 amide bonds. The van der Waals surface area contributed by atoms with Gasteiger partial charge in [0, 0.05) is 19.4 Å². The fourth-order valence-corrected chi connectivity index (χ4v) is 3.14. The van der Waals surface area contributed by atoms with Crippen molar-refractivity contribution in [2.45, 2.75) is 45.1 Å². The number of carbonyl (C=O) groups excluding carboxylic acids is 3. The van der Waals surface area contributed by atoms with Gasteiger partial charge in [0.25, 0.3) is 0 Å². The van der Waals surface area contributed by atoms with Crippen LogP contribution in [0.15, 0.2) is 30.3 Å². The fraction of sp³-hybridized carbons (Fsp3) is 0.474. The van der Waals surface area contributed by atoms with Crippen LogP contribution in [-0.2, 0) is 25.7 Å². The Labute approximate surface area is 157 Å². The van der Waals surface area contributed by atoms with Gasteiger partial charge in [-0.25, -0.2) is 0 Å². The molecule has 1 fully saturated rings. The lowest BCUT2D eigenvalue weighted by Crippen LogP contribution is -2.48. The summed E-state index contributed by atoms with van der Waals surface area (Å²) in [7, 11) is 0. The van der Waals surface area contributed by atoms with E-state index in [1.54, 1.807) is 0 Å². The molecule has 0 saturated heterocycles. The molecule has 1 aromatic carbocycles. The van der Waals surface area contributed by atoms with Gasteiger partial charge in [0.2, 0.25) is 17.7 Å². The maximum Gasteiger partial charge on any atom is 0.307 e. The summed E-state index contributed by atoms with van der Waals surface area (Å²) >= 11 is 0. The van der Waals surface area contributed by atoms with Crippen LogP contribution in [0.25, 0.3) is 0 Å². The highest BCUT2D eigenvalue weighted by Crippen LogP contribution is 2.30. The third-order valence-corrected chi connectivity index (χ3v) is 4.66. The topological polar surface area (TPSA) is 125 Å². The lowest BCUT2D eigenvalue weighted by atomic mass is 9.79. The van der Waals surface area contributed by atoms with Gasteiger partial charge < -0.3 is 10.4 Å². The highest BCUT2D eigenvalue weighted by atomic mass is 16.4. The number of carbonyl (C=O) groups is 4. The number of hydrazine groups is 1. The van der Waals surface area contributed by atoms with Crippen molar-refractivity contribution in [1.29, 1.82) is 0 Å². The average molecular weight is 375 g/mol. The minimum Gasteiger partial charge on any atom is -0.481 e. The van der Waals surface area contributed by atoms with Crippen LogP contribution in [0.2, 0.25) is 0 Å². The molecular weight excluding hydrogens is 350 g/mol. The van der Waals surface area contributed by atoms with Crippen LogP contribution in [-0.4, -0.2) is 28.8 Å². The number of hydrogen-bond donors (Lipinski definition) is 4. The Morgan fingerprint density at radius 3 is 2.19 bits per heavy atom. The first kappa shape index (κ1) is 20.4. The van der Waals surface area contributed by atoms with E-state index in [2.05, 4.69) is 16.2 Å². The minimum atomic E-state index is -0.990. The molecule has 8 nitrogen and oxygen atoms in total. The van der Waals surface area contributed by atoms with Gasteiger partial charge in [-0.15, -0.1) is 0 Å². The van der Waals surface area contributed by atoms with Crippen LogP contribution in [0.5, 0.6) is 0 Å². The monoisotopic (exact) mass is 375 g/mol. The van der Waals surface area contributed by atoms with Crippen LogP contribution in [0.1, 0.15) is 44.1 Å². The van der Waals surface area contributed by atoms with E-state index in [1.807, 2.05) is 30.3 Å². The molecule has 4 N–H and O–H groups in total.